The normalized spacial score (nSPS) is 10.9. The van der Waals surface area contributed by atoms with Gasteiger partial charge in [0, 0.05) is 31.3 Å². The van der Waals surface area contributed by atoms with E-state index < -0.39 is 0 Å². The molecule has 2 aromatic rings. The van der Waals surface area contributed by atoms with Gasteiger partial charge in [-0.1, -0.05) is 6.07 Å². The zero-order valence-electron chi connectivity index (χ0n) is 8.88. The summed E-state index contributed by atoms with van der Waals surface area (Å²) < 4.78 is 6.95. The van der Waals surface area contributed by atoms with Crippen LogP contribution in [0.2, 0.25) is 0 Å². The molecule has 0 spiro atoms. The smallest absolute Gasteiger partial charge is 0.0477 e. The number of rotatable bonds is 1. The van der Waals surface area contributed by atoms with Crippen molar-refractivity contribution in [3.8, 4) is 11.1 Å². The van der Waals surface area contributed by atoms with Crippen molar-refractivity contribution < 1.29 is 0 Å². The third kappa shape index (κ3) is 3.42. The predicted molar refractivity (Wildman–Crippen MR) is 106 cm³/mol. The highest BCUT2D eigenvalue weighted by Gasteiger charge is 2.17. The molecule has 0 saturated carbocycles. The van der Waals surface area contributed by atoms with E-state index in [4.69, 9.17) is 0 Å². The zero-order valence-corrected chi connectivity index (χ0v) is 20.0. The lowest BCUT2D eigenvalue weighted by Gasteiger charge is -2.13. The summed E-state index contributed by atoms with van der Waals surface area (Å²) in [7, 11) is 0. The molecular formula is C12H3Br7. The van der Waals surface area contributed by atoms with Gasteiger partial charge in [-0.2, -0.15) is 0 Å². The molecule has 2 rings (SSSR count). The third-order valence-electron chi connectivity index (χ3n) is 2.43. The SMILES string of the molecule is Brc1ccc(-c2cc(Br)c(Br)c(Br)c2Br)c(Br)c1Br. The van der Waals surface area contributed by atoms with E-state index in [0.717, 1.165) is 42.4 Å². The summed E-state index contributed by atoms with van der Waals surface area (Å²) in [5.41, 5.74) is 2.18. The minimum atomic E-state index is 0.975. The van der Waals surface area contributed by atoms with E-state index in [1.54, 1.807) is 0 Å². The van der Waals surface area contributed by atoms with Crippen molar-refractivity contribution in [3.63, 3.8) is 0 Å². The maximum Gasteiger partial charge on any atom is 0.0477 e. The Hall–Kier alpha value is 1.80. The first-order valence-corrected chi connectivity index (χ1v) is 10.4. The van der Waals surface area contributed by atoms with Crippen LogP contribution in [-0.4, -0.2) is 0 Å². The van der Waals surface area contributed by atoms with Crippen LogP contribution in [0.15, 0.2) is 49.5 Å². The van der Waals surface area contributed by atoms with Crippen LogP contribution in [-0.2, 0) is 0 Å². The van der Waals surface area contributed by atoms with E-state index in [9.17, 15) is 0 Å². The minimum Gasteiger partial charge on any atom is -0.0520 e. The Kier molecular flexibility index (Phi) is 6.25. The summed E-state index contributed by atoms with van der Waals surface area (Å²) in [5, 5.41) is 0. The van der Waals surface area contributed by atoms with Crippen molar-refractivity contribution in [1.82, 2.24) is 0 Å². The van der Waals surface area contributed by atoms with E-state index in [1.807, 2.05) is 6.07 Å². The van der Waals surface area contributed by atoms with Gasteiger partial charge >= 0.3 is 0 Å². The molecule has 0 bridgehead atoms. The second kappa shape index (κ2) is 6.92. The molecule has 0 aromatic heterocycles. The first-order valence-electron chi connectivity index (χ1n) is 4.81. The predicted octanol–water partition coefficient (Wildman–Crippen LogP) is 8.69. The van der Waals surface area contributed by atoms with Crippen molar-refractivity contribution in [3.05, 3.63) is 49.5 Å². The zero-order chi connectivity index (χ0) is 14.3. The van der Waals surface area contributed by atoms with E-state index in [0.29, 0.717) is 0 Å². The highest BCUT2D eigenvalue weighted by molar-refractivity contribution is 9.15. The monoisotopic (exact) mass is 699 g/mol. The second-order valence-electron chi connectivity index (χ2n) is 3.57. The lowest BCUT2D eigenvalue weighted by atomic mass is 10.1. The van der Waals surface area contributed by atoms with Crippen LogP contribution >= 0.6 is 112 Å². The van der Waals surface area contributed by atoms with Crippen LogP contribution < -0.4 is 0 Å². The molecule has 0 aliphatic carbocycles. The number of hydrogen-bond acceptors (Lipinski definition) is 0. The molecule has 0 N–H and O–H groups in total. The lowest BCUT2D eigenvalue weighted by Crippen LogP contribution is -1.87. The van der Waals surface area contributed by atoms with E-state index >= 15 is 0 Å². The van der Waals surface area contributed by atoms with Crippen molar-refractivity contribution >= 4 is 112 Å². The van der Waals surface area contributed by atoms with Crippen molar-refractivity contribution in [2.24, 2.45) is 0 Å². The number of hydrogen-bond donors (Lipinski definition) is 0. The van der Waals surface area contributed by atoms with Gasteiger partial charge < -0.3 is 0 Å². The molecule has 0 amide bonds. The summed E-state index contributed by atoms with van der Waals surface area (Å²) in [4.78, 5) is 0. The maximum atomic E-state index is 3.63. The molecule has 0 fully saturated rings. The average Bonchev–Trinajstić information content (AvgIpc) is 2.39. The Morgan fingerprint density at radius 1 is 0.474 bits per heavy atom. The van der Waals surface area contributed by atoms with Gasteiger partial charge in [-0.25, -0.2) is 0 Å². The van der Waals surface area contributed by atoms with E-state index in [2.05, 4.69) is 124 Å². The van der Waals surface area contributed by atoms with Gasteiger partial charge in [0.1, 0.15) is 0 Å². The summed E-state index contributed by atoms with van der Waals surface area (Å²) in [6.07, 6.45) is 0. The Bertz CT molecular complexity index is 664. The van der Waals surface area contributed by atoms with Crippen LogP contribution in [0.25, 0.3) is 11.1 Å². The summed E-state index contributed by atoms with van der Waals surface area (Å²) >= 11 is 25.0. The third-order valence-corrected chi connectivity index (χ3v) is 10.5. The molecule has 19 heavy (non-hydrogen) atoms. The average molecular weight is 706 g/mol. The molecule has 0 saturated heterocycles. The van der Waals surface area contributed by atoms with Crippen LogP contribution in [0, 0.1) is 0 Å². The highest BCUT2D eigenvalue weighted by atomic mass is 79.9. The number of benzene rings is 2. The minimum absolute atomic E-state index is 0.975. The molecule has 0 aliphatic rings. The van der Waals surface area contributed by atoms with Crippen LogP contribution in [0.4, 0.5) is 0 Å². The molecule has 0 unspecified atom stereocenters. The molecule has 2 aromatic carbocycles. The van der Waals surface area contributed by atoms with Gasteiger partial charge in [-0.3, -0.25) is 0 Å². The fourth-order valence-corrected chi connectivity index (χ4v) is 5.23. The van der Waals surface area contributed by atoms with E-state index in [1.165, 1.54) is 0 Å². The lowest BCUT2D eigenvalue weighted by molar-refractivity contribution is 1.45. The summed E-state index contributed by atoms with van der Waals surface area (Å²) in [6, 6.07) is 6.14. The topological polar surface area (TPSA) is 0 Å². The van der Waals surface area contributed by atoms with Crippen LogP contribution in [0.3, 0.4) is 0 Å². The van der Waals surface area contributed by atoms with E-state index in [-0.39, 0.29) is 0 Å². The highest BCUT2D eigenvalue weighted by Crippen LogP contribution is 2.46. The molecule has 100 valence electrons. The summed E-state index contributed by atoms with van der Waals surface area (Å²) in [6.45, 7) is 0. The van der Waals surface area contributed by atoms with Crippen LogP contribution in [0.5, 0.6) is 0 Å². The van der Waals surface area contributed by atoms with Crippen LogP contribution in [0.1, 0.15) is 0 Å². The molecule has 0 aliphatic heterocycles. The Balaban J connectivity index is 2.77. The molecule has 0 nitrogen and oxygen atoms in total. The molecule has 0 radical (unpaired) electrons. The quantitative estimate of drug-likeness (QED) is 0.206. The van der Waals surface area contributed by atoms with Gasteiger partial charge in [0.2, 0.25) is 0 Å². The van der Waals surface area contributed by atoms with Gasteiger partial charge in [0.15, 0.2) is 0 Å². The fraction of sp³-hybridized carbons (Fsp3) is 0. The van der Waals surface area contributed by atoms with Crippen molar-refractivity contribution in [2.75, 3.05) is 0 Å². The second-order valence-corrected chi connectivity index (χ2v) is 9.24. The van der Waals surface area contributed by atoms with Crippen molar-refractivity contribution in [2.45, 2.75) is 0 Å². The van der Waals surface area contributed by atoms with Gasteiger partial charge in [0.25, 0.3) is 0 Å². The van der Waals surface area contributed by atoms with Gasteiger partial charge in [0.05, 0.1) is 0 Å². The standard InChI is InChI=1S/C12H3Br7/c13-6-2-1-4(8(15)10(6)17)5-3-7(14)11(18)12(19)9(5)16/h1-3H. The first-order chi connectivity index (χ1) is 8.84. The first kappa shape index (κ1) is 17.2. The molecule has 0 atom stereocenters. The molecule has 0 heterocycles. The van der Waals surface area contributed by atoms with Gasteiger partial charge in [-0.15, -0.1) is 0 Å². The fourth-order valence-electron chi connectivity index (χ4n) is 1.50. The molecular weight excluding hydrogens is 703 g/mol. The Labute approximate surface area is 170 Å². The van der Waals surface area contributed by atoms with Gasteiger partial charge in [-0.05, 0) is 135 Å². The molecule has 7 heteroatoms. The maximum absolute atomic E-state index is 3.63. The Morgan fingerprint density at radius 3 is 1.63 bits per heavy atom. The van der Waals surface area contributed by atoms with Crippen molar-refractivity contribution in [1.29, 1.82) is 0 Å². The Morgan fingerprint density at radius 2 is 1.00 bits per heavy atom. The number of halogens is 7. The summed E-state index contributed by atoms with van der Waals surface area (Å²) in [5.74, 6) is 0. The largest absolute Gasteiger partial charge is 0.0520 e.